The maximum atomic E-state index is 10.8. The molecule has 0 radical (unpaired) electrons. The van der Waals surface area contributed by atoms with Crippen molar-refractivity contribution >= 4 is 5.97 Å². The van der Waals surface area contributed by atoms with Gasteiger partial charge in [-0.05, 0) is 18.6 Å². The lowest BCUT2D eigenvalue weighted by molar-refractivity contribution is -0.154. The molecule has 0 aromatic heterocycles. The Hall–Kier alpha value is -1.80. The fourth-order valence-electron chi connectivity index (χ4n) is 1.29. The lowest BCUT2D eigenvalue weighted by atomic mass is 9.83. The van der Waals surface area contributed by atoms with Gasteiger partial charge in [0.2, 0.25) is 0 Å². The van der Waals surface area contributed by atoms with E-state index < -0.39 is 11.6 Å². The van der Waals surface area contributed by atoms with E-state index in [1.54, 1.807) is 6.07 Å². The molecule has 1 atom stereocenters. The van der Waals surface area contributed by atoms with Crippen LogP contribution in [0.4, 0.5) is 0 Å². The predicted octanol–water partition coefficient (Wildman–Crippen LogP) is -0.112. The maximum absolute atomic E-state index is 10.8. The van der Waals surface area contributed by atoms with Crippen LogP contribution in [-0.4, -0.2) is 21.8 Å². The first-order valence-corrected chi connectivity index (χ1v) is 3.95. The largest absolute Gasteiger partial charge is 0.479 e. The molecule has 74 valence electrons. The van der Waals surface area contributed by atoms with Gasteiger partial charge >= 0.3 is 5.97 Å². The van der Waals surface area contributed by atoms with E-state index in [1.807, 2.05) is 0 Å². The monoisotopic (exact) mass is 194 g/mol. The second kappa shape index (κ2) is 3.16. The van der Waals surface area contributed by atoms with Gasteiger partial charge in [-0.2, -0.15) is 5.26 Å². The summed E-state index contributed by atoms with van der Waals surface area (Å²) in [6, 6.07) is 1.77. The zero-order chi connectivity index (χ0) is 10.9. The van der Waals surface area contributed by atoms with Crippen LogP contribution < -0.4 is 5.73 Å². The van der Waals surface area contributed by atoms with Crippen LogP contribution >= 0.6 is 0 Å². The Kier molecular flexibility index (Phi) is 2.32. The predicted molar refractivity (Wildman–Crippen MR) is 47.8 cm³/mol. The molecule has 5 heteroatoms. The van der Waals surface area contributed by atoms with Crippen molar-refractivity contribution in [1.82, 2.24) is 0 Å². The molecule has 0 spiro atoms. The quantitative estimate of drug-likeness (QED) is 0.539. The maximum Gasteiger partial charge on any atom is 0.340 e. The highest BCUT2D eigenvalue weighted by Gasteiger charge is 2.41. The third-order valence-corrected chi connectivity index (χ3v) is 2.29. The topological polar surface area (TPSA) is 107 Å². The Balaban J connectivity index is 3.21. The molecule has 0 aromatic carbocycles. The van der Waals surface area contributed by atoms with Gasteiger partial charge in [0.15, 0.2) is 5.60 Å². The molecule has 1 aliphatic rings. The minimum atomic E-state index is -1.99. The SMILES string of the molecule is CC1=CC(N)=C(C#N)CC1(O)C(=O)O. The van der Waals surface area contributed by atoms with Gasteiger partial charge in [-0.3, -0.25) is 0 Å². The van der Waals surface area contributed by atoms with Gasteiger partial charge in [0.05, 0.1) is 11.6 Å². The number of aliphatic carboxylic acids is 1. The summed E-state index contributed by atoms with van der Waals surface area (Å²) in [6.45, 7) is 1.47. The average Bonchev–Trinajstić information content (AvgIpc) is 2.11. The number of nitriles is 1. The van der Waals surface area contributed by atoms with Crippen LogP contribution in [0.15, 0.2) is 22.9 Å². The fourth-order valence-corrected chi connectivity index (χ4v) is 1.29. The van der Waals surface area contributed by atoms with Crippen molar-refractivity contribution in [1.29, 1.82) is 5.26 Å². The zero-order valence-electron chi connectivity index (χ0n) is 7.61. The number of nitrogens with zero attached hydrogens (tertiary/aromatic N) is 1. The summed E-state index contributed by atoms with van der Waals surface area (Å²) in [4.78, 5) is 10.8. The van der Waals surface area contributed by atoms with Crippen molar-refractivity contribution in [2.75, 3.05) is 0 Å². The van der Waals surface area contributed by atoms with E-state index in [1.165, 1.54) is 13.0 Å². The normalized spacial score (nSPS) is 26.8. The van der Waals surface area contributed by atoms with E-state index in [-0.39, 0.29) is 23.3 Å². The smallest absolute Gasteiger partial charge is 0.340 e. The van der Waals surface area contributed by atoms with Crippen LogP contribution in [-0.2, 0) is 4.79 Å². The molecule has 0 heterocycles. The van der Waals surface area contributed by atoms with Crippen LogP contribution in [0.2, 0.25) is 0 Å². The summed E-state index contributed by atoms with van der Waals surface area (Å²) in [7, 11) is 0. The minimum Gasteiger partial charge on any atom is -0.479 e. The summed E-state index contributed by atoms with van der Waals surface area (Å²) >= 11 is 0. The molecular formula is C9H10N2O3. The van der Waals surface area contributed by atoms with Gasteiger partial charge in [-0.15, -0.1) is 0 Å². The number of carboxylic acid groups (broad SMARTS) is 1. The minimum absolute atomic E-state index is 0.0977. The molecule has 0 bridgehead atoms. The van der Waals surface area contributed by atoms with Crippen molar-refractivity contribution < 1.29 is 15.0 Å². The van der Waals surface area contributed by atoms with Gasteiger partial charge in [0, 0.05) is 12.1 Å². The molecule has 4 N–H and O–H groups in total. The number of aliphatic hydroxyl groups is 1. The Morgan fingerprint density at radius 2 is 2.36 bits per heavy atom. The van der Waals surface area contributed by atoms with Crippen molar-refractivity contribution in [3.8, 4) is 6.07 Å². The zero-order valence-corrected chi connectivity index (χ0v) is 7.61. The second-order valence-electron chi connectivity index (χ2n) is 3.22. The number of hydrogen-bond acceptors (Lipinski definition) is 4. The van der Waals surface area contributed by atoms with Crippen LogP contribution in [0.1, 0.15) is 13.3 Å². The molecule has 0 fully saturated rings. The summed E-state index contributed by atoms with van der Waals surface area (Å²) in [5.41, 5.74) is 4.04. The summed E-state index contributed by atoms with van der Waals surface area (Å²) < 4.78 is 0. The number of allylic oxidation sites excluding steroid dienone is 1. The molecule has 0 aromatic rings. The number of nitrogens with two attached hydrogens (primary N) is 1. The molecule has 0 amide bonds. The van der Waals surface area contributed by atoms with Crippen molar-refractivity contribution in [3.63, 3.8) is 0 Å². The van der Waals surface area contributed by atoms with Crippen LogP contribution in [0, 0.1) is 11.3 Å². The van der Waals surface area contributed by atoms with Crippen LogP contribution in [0.3, 0.4) is 0 Å². The summed E-state index contributed by atoms with van der Waals surface area (Å²) in [5.74, 6) is -1.37. The van der Waals surface area contributed by atoms with E-state index in [9.17, 15) is 9.90 Å². The van der Waals surface area contributed by atoms with E-state index in [0.717, 1.165) is 0 Å². The molecule has 14 heavy (non-hydrogen) atoms. The van der Waals surface area contributed by atoms with Crippen molar-refractivity contribution in [3.05, 3.63) is 22.9 Å². The Morgan fingerprint density at radius 3 is 2.79 bits per heavy atom. The van der Waals surface area contributed by atoms with E-state index >= 15 is 0 Å². The summed E-state index contributed by atoms with van der Waals surface area (Å²) in [5, 5.41) is 27.2. The fraction of sp³-hybridized carbons (Fsp3) is 0.333. The number of carbonyl (C=O) groups is 1. The summed E-state index contributed by atoms with van der Waals surface area (Å²) in [6.07, 6.45) is 1.04. The number of hydrogen-bond donors (Lipinski definition) is 3. The standard InChI is InChI=1S/C9H10N2O3/c1-5-2-7(11)6(4-10)3-9(5,14)8(12)13/h2,14H,3,11H2,1H3,(H,12,13). The van der Waals surface area contributed by atoms with Crippen LogP contribution in [0.5, 0.6) is 0 Å². The van der Waals surface area contributed by atoms with Crippen molar-refractivity contribution in [2.24, 2.45) is 5.73 Å². The highest BCUT2D eigenvalue weighted by molar-refractivity contribution is 5.83. The molecule has 5 nitrogen and oxygen atoms in total. The first-order valence-electron chi connectivity index (χ1n) is 3.95. The lowest BCUT2D eigenvalue weighted by Crippen LogP contribution is -2.42. The van der Waals surface area contributed by atoms with E-state index in [0.29, 0.717) is 0 Å². The average molecular weight is 194 g/mol. The van der Waals surface area contributed by atoms with Gasteiger partial charge in [-0.25, -0.2) is 4.79 Å². The van der Waals surface area contributed by atoms with E-state index in [4.69, 9.17) is 16.1 Å². The Bertz CT molecular complexity index is 389. The molecule has 0 saturated carbocycles. The highest BCUT2D eigenvalue weighted by atomic mass is 16.4. The number of carboxylic acids is 1. The lowest BCUT2D eigenvalue weighted by Gasteiger charge is -2.27. The third kappa shape index (κ3) is 1.36. The van der Waals surface area contributed by atoms with Crippen LogP contribution in [0.25, 0.3) is 0 Å². The van der Waals surface area contributed by atoms with E-state index in [2.05, 4.69) is 0 Å². The molecule has 1 aliphatic carbocycles. The second-order valence-corrected chi connectivity index (χ2v) is 3.22. The van der Waals surface area contributed by atoms with Gasteiger partial charge < -0.3 is 15.9 Å². The van der Waals surface area contributed by atoms with Crippen molar-refractivity contribution in [2.45, 2.75) is 18.9 Å². The van der Waals surface area contributed by atoms with Gasteiger partial charge in [0.1, 0.15) is 0 Å². The first-order chi connectivity index (χ1) is 6.41. The molecule has 0 aliphatic heterocycles. The Labute approximate surface area is 80.8 Å². The highest BCUT2D eigenvalue weighted by Crippen LogP contribution is 2.31. The molecule has 1 rings (SSSR count). The number of rotatable bonds is 1. The molecule has 1 unspecified atom stereocenters. The first kappa shape index (κ1) is 10.3. The molecular weight excluding hydrogens is 184 g/mol. The van der Waals surface area contributed by atoms with Gasteiger partial charge in [0.25, 0.3) is 0 Å². The van der Waals surface area contributed by atoms with Gasteiger partial charge in [-0.1, -0.05) is 0 Å². The third-order valence-electron chi connectivity index (χ3n) is 2.29. The Morgan fingerprint density at radius 1 is 1.79 bits per heavy atom. The molecule has 0 saturated heterocycles.